The van der Waals surface area contributed by atoms with Gasteiger partial charge in [0, 0.05) is 21.5 Å². The van der Waals surface area contributed by atoms with Gasteiger partial charge in [-0.05, 0) is 48.4 Å². The van der Waals surface area contributed by atoms with Gasteiger partial charge in [0.1, 0.15) is 11.7 Å². The van der Waals surface area contributed by atoms with Gasteiger partial charge in [0.25, 0.3) is 0 Å². The van der Waals surface area contributed by atoms with Crippen LogP contribution in [0.4, 0.5) is 0 Å². The second-order valence-electron chi connectivity index (χ2n) is 7.13. The molecule has 0 aliphatic rings. The lowest BCUT2D eigenvalue weighted by Gasteiger charge is -2.05. The summed E-state index contributed by atoms with van der Waals surface area (Å²) in [5.74, 6) is 0. The van der Waals surface area contributed by atoms with Gasteiger partial charge in [-0.3, -0.25) is 0 Å². The standard InChI is InChI=1S/C24H20NS/c1-15-8-9-17-14-22-21(13-18(17)12-15)20-10-11-25(3)23(24(20)26-22)19-7-5-4-6-16(19)2/h4-14H,1-3H3/q+1. The van der Waals surface area contributed by atoms with Gasteiger partial charge in [-0.1, -0.05) is 42.0 Å². The molecule has 26 heavy (non-hydrogen) atoms. The monoisotopic (exact) mass is 354 g/mol. The largest absolute Gasteiger partial charge is 0.230 e. The molecule has 0 radical (unpaired) electrons. The van der Waals surface area contributed by atoms with Gasteiger partial charge < -0.3 is 0 Å². The highest BCUT2D eigenvalue weighted by Gasteiger charge is 2.20. The molecule has 5 aromatic rings. The molecule has 3 aromatic carbocycles. The molecule has 0 N–H and O–H groups in total. The van der Waals surface area contributed by atoms with Crippen LogP contribution in [0.1, 0.15) is 11.1 Å². The Labute approximate surface area is 157 Å². The first-order chi connectivity index (χ1) is 12.6. The Hall–Kier alpha value is -2.71. The number of hydrogen-bond acceptors (Lipinski definition) is 1. The van der Waals surface area contributed by atoms with E-state index in [0.717, 1.165) is 0 Å². The fourth-order valence-corrected chi connectivity index (χ4v) is 5.21. The summed E-state index contributed by atoms with van der Waals surface area (Å²) < 4.78 is 4.98. The van der Waals surface area contributed by atoms with Crippen LogP contribution in [0.15, 0.2) is 66.9 Å². The van der Waals surface area contributed by atoms with Crippen LogP contribution in [0, 0.1) is 13.8 Å². The van der Waals surface area contributed by atoms with E-state index in [-0.39, 0.29) is 0 Å². The maximum absolute atomic E-state index is 2.36. The normalized spacial score (nSPS) is 11.7. The maximum atomic E-state index is 2.36. The predicted molar refractivity (Wildman–Crippen MR) is 113 cm³/mol. The van der Waals surface area contributed by atoms with Gasteiger partial charge in [0.05, 0.1) is 5.56 Å². The molecule has 0 bridgehead atoms. The quantitative estimate of drug-likeness (QED) is 0.310. The zero-order valence-electron chi connectivity index (χ0n) is 15.2. The van der Waals surface area contributed by atoms with Crippen molar-refractivity contribution in [1.29, 1.82) is 0 Å². The summed E-state index contributed by atoms with van der Waals surface area (Å²) >= 11 is 1.90. The van der Waals surface area contributed by atoms with Crippen LogP contribution in [0.3, 0.4) is 0 Å². The summed E-state index contributed by atoms with van der Waals surface area (Å²) in [5.41, 5.74) is 5.24. The van der Waals surface area contributed by atoms with Gasteiger partial charge in [-0.15, -0.1) is 11.3 Å². The first-order valence-corrected chi connectivity index (χ1v) is 9.75. The molecular formula is C24H20NS+. The molecule has 0 spiro atoms. The first kappa shape index (κ1) is 15.5. The molecule has 0 aliphatic carbocycles. The van der Waals surface area contributed by atoms with E-state index >= 15 is 0 Å². The highest BCUT2D eigenvalue weighted by molar-refractivity contribution is 7.26. The molecule has 0 atom stereocenters. The minimum absolute atomic E-state index is 1.31. The van der Waals surface area contributed by atoms with Crippen molar-refractivity contribution in [3.63, 3.8) is 0 Å². The minimum Gasteiger partial charge on any atom is -0.200 e. The van der Waals surface area contributed by atoms with E-state index in [1.165, 1.54) is 53.3 Å². The minimum atomic E-state index is 1.31. The summed E-state index contributed by atoms with van der Waals surface area (Å²) in [6.45, 7) is 4.35. The number of pyridine rings is 1. The van der Waals surface area contributed by atoms with Crippen LogP contribution in [0.25, 0.3) is 42.2 Å². The van der Waals surface area contributed by atoms with Crippen molar-refractivity contribution in [2.24, 2.45) is 7.05 Å². The van der Waals surface area contributed by atoms with Crippen LogP contribution in [-0.2, 0) is 7.05 Å². The molecule has 0 saturated carbocycles. The molecule has 0 fully saturated rings. The number of aromatic nitrogens is 1. The zero-order chi connectivity index (χ0) is 17.8. The summed E-state index contributed by atoms with van der Waals surface area (Å²) in [7, 11) is 2.14. The van der Waals surface area contributed by atoms with Crippen molar-refractivity contribution < 1.29 is 4.57 Å². The van der Waals surface area contributed by atoms with Crippen molar-refractivity contribution >= 4 is 42.3 Å². The van der Waals surface area contributed by atoms with Crippen molar-refractivity contribution in [2.45, 2.75) is 13.8 Å². The van der Waals surface area contributed by atoms with E-state index in [9.17, 15) is 0 Å². The fourth-order valence-electron chi connectivity index (χ4n) is 3.89. The third kappa shape index (κ3) is 2.26. The molecule has 126 valence electrons. The third-order valence-corrected chi connectivity index (χ3v) is 6.45. The van der Waals surface area contributed by atoms with E-state index in [2.05, 4.69) is 92.3 Å². The summed E-state index contributed by atoms with van der Waals surface area (Å²) in [4.78, 5) is 0. The summed E-state index contributed by atoms with van der Waals surface area (Å²) in [6, 6.07) is 22.3. The van der Waals surface area contributed by atoms with E-state index in [1.807, 2.05) is 11.3 Å². The fraction of sp³-hybridized carbons (Fsp3) is 0.125. The Kier molecular flexibility index (Phi) is 3.38. The highest BCUT2D eigenvalue weighted by Crippen LogP contribution is 2.40. The van der Waals surface area contributed by atoms with E-state index in [1.54, 1.807) is 0 Å². The molecular weight excluding hydrogens is 334 g/mol. The second kappa shape index (κ2) is 5.65. The molecule has 1 nitrogen and oxygen atoms in total. The van der Waals surface area contributed by atoms with Gasteiger partial charge in [-0.2, -0.15) is 4.57 Å². The Bertz CT molecular complexity index is 1310. The number of nitrogens with zero attached hydrogens (tertiary/aromatic N) is 1. The van der Waals surface area contributed by atoms with Gasteiger partial charge >= 0.3 is 0 Å². The molecule has 2 heterocycles. The Morgan fingerprint density at radius 3 is 2.50 bits per heavy atom. The van der Waals surface area contributed by atoms with E-state index in [4.69, 9.17) is 0 Å². The van der Waals surface area contributed by atoms with Crippen molar-refractivity contribution in [3.05, 3.63) is 78.0 Å². The van der Waals surface area contributed by atoms with Crippen LogP contribution < -0.4 is 4.57 Å². The number of rotatable bonds is 1. The summed E-state index contributed by atoms with van der Waals surface area (Å²) in [6.07, 6.45) is 2.19. The predicted octanol–water partition coefficient (Wildman–Crippen LogP) is 6.32. The van der Waals surface area contributed by atoms with Crippen LogP contribution in [0.5, 0.6) is 0 Å². The number of benzene rings is 3. The molecule has 0 amide bonds. The number of aryl methyl sites for hydroxylation is 3. The molecule has 0 unspecified atom stereocenters. The van der Waals surface area contributed by atoms with Crippen molar-refractivity contribution in [2.75, 3.05) is 0 Å². The highest BCUT2D eigenvalue weighted by atomic mass is 32.1. The van der Waals surface area contributed by atoms with Crippen molar-refractivity contribution in [1.82, 2.24) is 0 Å². The lowest BCUT2D eigenvalue weighted by Crippen LogP contribution is -2.30. The van der Waals surface area contributed by atoms with E-state index < -0.39 is 0 Å². The zero-order valence-corrected chi connectivity index (χ0v) is 16.0. The molecule has 2 aromatic heterocycles. The molecule has 0 aliphatic heterocycles. The molecule has 2 heteroatoms. The van der Waals surface area contributed by atoms with Crippen LogP contribution in [-0.4, -0.2) is 0 Å². The summed E-state index contributed by atoms with van der Waals surface area (Å²) in [5, 5.41) is 5.35. The Morgan fingerprint density at radius 1 is 0.808 bits per heavy atom. The topological polar surface area (TPSA) is 3.88 Å². The lowest BCUT2D eigenvalue weighted by molar-refractivity contribution is -0.659. The molecule has 0 saturated heterocycles. The average molecular weight is 354 g/mol. The number of fused-ring (bicyclic) bond motifs is 4. The lowest BCUT2D eigenvalue weighted by atomic mass is 10.0. The smallest absolute Gasteiger partial charge is 0.200 e. The van der Waals surface area contributed by atoms with Gasteiger partial charge in [0.15, 0.2) is 6.20 Å². The Morgan fingerprint density at radius 2 is 1.65 bits per heavy atom. The Balaban J connectivity index is 1.92. The number of hydrogen-bond donors (Lipinski definition) is 0. The SMILES string of the molecule is Cc1ccc2cc3sc4c(-c5ccccc5C)[n+](C)ccc4c3cc2c1. The number of thiophene rings is 1. The van der Waals surface area contributed by atoms with Gasteiger partial charge in [0.2, 0.25) is 5.69 Å². The van der Waals surface area contributed by atoms with Crippen molar-refractivity contribution in [3.8, 4) is 11.3 Å². The third-order valence-electron chi connectivity index (χ3n) is 5.27. The average Bonchev–Trinajstić information content (AvgIpc) is 2.98. The second-order valence-corrected chi connectivity index (χ2v) is 8.19. The van der Waals surface area contributed by atoms with Crippen LogP contribution >= 0.6 is 11.3 Å². The first-order valence-electron chi connectivity index (χ1n) is 8.93. The van der Waals surface area contributed by atoms with Gasteiger partial charge in [-0.25, -0.2) is 0 Å². The molecule has 5 rings (SSSR count). The van der Waals surface area contributed by atoms with Crippen LogP contribution in [0.2, 0.25) is 0 Å². The maximum Gasteiger partial charge on any atom is 0.230 e. The van der Waals surface area contributed by atoms with E-state index in [0.29, 0.717) is 0 Å².